The number of sulfonamides is 1. The van der Waals surface area contributed by atoms with Crippen LogP contribution in [0, 0.1) is 0 Å². The molecule has 1 unspecified atom stereocenters. The Morgan fingerprint density at radius 1 is 0.900 bits per heavy atom. The van der Waals surface area contributed by atoms with Crippen LogP contribution in [0.1, 0.15) is 26.9 Å². The van der Waals surface area contributed by atoms with Gasteiger partial charge in [0.05, 0.1) is 26.4 Å². The standard InChI is InChI=1S/C29H23Cl2N3O4S2/c30-24-7-4-8-25(27(24)31)33-40(37,38)23-15-13-22(14-16-23)32-28(36)20-9-11-21(12-10-20)29-34(26(35)18-39-29)17-19-5-2-1-3-6-19/h1-16,29,33H,17-18H2,(H,32,36). The van der Waals surface area contributed by atoms with Crippen molar-refractivity contribution in [3.8, 4) is 0 Å². The first kappa shape index (κ1) is 28.0. The molecule has 0 radical (unpaired) electrons. The van der Waals surface area contributed by atoms with Gasteiger partial charge in [-0.3, -0.25) is 14.3 Å². The number of nitrogens with one attached hydrogen (secondary N) is 2. The normalized spacial score (nSPS) is 15.2. The quantitative estimate of drug-likeness (QED) is 0.228. The van der Waals surface area contributed by atoms with Gasteiger partial charge < -0.3 is 10.2 Å². The molecule has 204 valence electrons. The molecule has 2 amide bonds. The topological polar surface area (TPSA) is 95.6 Å². The van der Waals surface area contributed by atoms with Gasteiger partial charge in [-0.1, -0.05) is 71.7 Å². The van der Waals surface area contributed by atoms with E-state index in [0.717, 1.165) is 11.1 Å². The van der Waals surface area contributed by atoms with Crippen LogP contribution in [-0.4, -0.2) is 30.9 Å². The van der Waals surface area contributed by atoms with Gasteiger partial charge in [0.15, 0.2) is 0 Å². The number of carbonyl (C=O) groups excluding carboxylic acids is 2. The Balaban J connectivity index is 1.23. The molecule has 0 saturated carbocycles. The van der Waals surface area contributed by atoms with Crippen LogP contribution >= 0.6 is 35.0 Å². The minimum Gasteiger partial charge on any atom is -0.322 e. The lowest BCUT2D eigenvalue weighted by Crippen LogP contribution is -2.27. The number of amides is 2. The van der Waals surface area contributed by atoms with Crippen LogP contribution in [0.15, 0.2) is 102 Å². The summed E-state index contributed by atoms with van der Waals surface area (Å²) in [6, 6.07) is 27.4. The van der Waals surface area contributed by atoms with Gasteiger partial charge in [0.25, 0.3) is 15.9 Å². The number of anilines is 2. The van der Waals surface area contributed by atoms with E-state index >= 15 is 0 Å². The zero-order chi connectivity index (χ0) is 28.3. The molecule has 4 aromatic carbocycles. The van der Waals surface area contributed by atoms with Gasteiger partial charge in [-0.25, -0.2) is 8.42 Å². The average molecular weight is 613 g/mol. The van der Waals surface area contributed by atoms with E-state index in [1.165, 1.54) is 30.3 Å². The highest BCUT2D eigenvalue weighted by Gasteiger charge is 2.32. The second-order valence-electron chi connectivity index (χ2n) is 8.98. The summed E-state index contributed by atoms with van der Waals surface area (Å²) in [4.78, 5) is 27.2. The Morgan fingerprint density at radius 3 is 2.30 bits per heavy atom. The Morgan fingerprint density at radius 2 is 1.60 bits per heavy atom. The molecule has 2 N–H and O–H groups in total. The Bertz CT molecular complexity index is 1650. The molecule has 4 aromatic rings. The maximum Gasteiger partial charge on any atom is 0.261 e. The van der Waals surface area contributed by atoms with Gasteiger partial charge in [0.2, 0.25) is 5.91 Å². The highest BCUT2D eigenvalue weighted by molar-refractivity contribution is 8.00. The van der Waals surface area contributed by atoms with Crippen LogP contribution in [0.25, 0.3) is 0 Å². The van der Waals surface area contributed by atoms with Gasteiger partial charge in [-0.15, -0.1) is 11.8 Å². The van der Waals surface area contributed by atoms with E-state index in [2.05, 4.69) is 10.0 Å². The molecule has 1 aliphatic rings. The summed E-state index contributed by atoms with van der Waals surface area (Å²) < 4.78 is 28.0. The number of nitrogens with zero attached hydrogens (tertiary/aromatic N) is 1. The summed E-state index contributed by atoms with van der Waals surface area (Å²) in [6.45, 7) is 0.521. The Hall–Kier alpha value is -3.50. The number of carbonyl (C=O) groups is 2. The highest BCUT2D eigenvalue weighted by atomic mass is 35.5. The minimum absolute atomic E-state index is 0.00504. The molecule has 1 heterocycles. The van der Waals surface area contributed by atoms with E-state index in [1.807, 2.05) is 47.4 Å². The van der Waals surface area contributed by atoms with Crippen molar-refractivity contribution < 1.29 is 18.0 Å². The van der Waals surface area contributed by atoms with Crippen molar-refractivity contribution in [1.82, 2.24) is 4.90 Å². The third kappa shape index (κ3) is 6.28. The first-order valence-electron chi connectivity index (χ1n) is 12.1. The van der Waals surface area contributed by atoms with E-state index in [-0.39, 0.29) is 37.8 Å². The maximum atomic E-state index is 12.9. The lowest BCUT2D eigenvalue weighted by Gasteiger charge is -2.24. The van der Waals surface area contributed by atoms with Gasteiger partial charge in [-0.2, -0.15) is 0 Å². The predicted octanol–water partition coefficient (Wildman–Crippen LogP) is 6.82. The summed E-state index contributed by atoms with van der Waals surface area (Å²) in [5.41, 5.74) is 3.02. The minimum atomic E-state index is -3.93. The average Bonchev–Trinajstić information content (AvgIpc) is 3.31. The second kappa shape index (κ2) is 11.9. The van der Waals surface area contributed by atoms with Crippen LogP contribution in [0.2, 0.25) is 10.0 Å². The van der Waals surface area contributed by atoms with Crippen molar-refractivity contribution in [2.75, 3.05) is 15.8 Å². The fourth-order valence-corrected chi connectivity index (χ4v) is 6.85. The van der Waals surface area contributed by atoms with Gasteiger partial charge >= 0.3 is 0 Å². The van der Waals surface area contributed by atoms with Gasteiger partial charge in [-0.05, 0) is 59.7 Å². The summed E-state index contributed by atoms with van der Waals surface area (Å²) in [6.07, 6.45) is 0. The lowest BCUT2D eigenvalue weighted by molar-refractivity contribution is -0.128. The molecule has 0 aliphatic carbocycles. The number of hydrogen-bond acceptors (Lipinski definition) is 5. The molecule has 1 aliphatic heterocycles. The molecule has 7 nitrogen and oxygen atoms in total. The predicted molar refractivity (Wildman–Crippen MR) is 160 cm³/mol. The summed E-state index contributed by atoms with van der Waals surface area (Å²) >= 11 is 13.6. The van der Waals surface area contributed by atoms with Crippen LogP contribution in [0.3, 0.4) is 0 Å². The monoisotopic (exact) mass is 611 g/mol. The van der Waals surface area contributed by atoms with Gasteiger partial charge in [0, 0.05) is 17.8 Å². The van der Waals surface area contributed by atoms with E-state index in [4.69, 9.17) is 23.2 Å². The second-order valence-corrected chi connectivity index (χ2v) is 12.5. The summed E-state index contributed by atoms with van der Waals surface area (Å²) in [7, 11) is -3.93. The van der Waals surface area contributed by atoms with Crippen LogP contribution < -0.4 is 10.0 Å². The highest BCUT2D eigenvalue weighted by Crippen LogP contribution is 2.39. The van der Waals surface area contributed by atoms with E-state index in [9.17, 15) is 18.0 Å². The number of hydrogen-bond donors (Lipinski definition) is 2. The van der Waals surface area contributed by atoms with E-state index < -0.39 is 10.0 Å². The summed E-state index contributed by atoms with van der Waals surface area (Å²) in [5.74, 6) is 0.145. The third-order valence-corrected chi connectivity index (χ3v) is 9.70. The molecule has 0 spiro atoms. The molecular formula is C29H23Cl2N3O4S2. The smallest absolute Gasteiger partial charge is 0.261 e. The molecule has 1 atom stereocenters. The molecule has 0 aromatic heterocycles. The number of halogens is 2. The molecule has 40 heavy (non-hydrogen) atoms. The van der Waals surface area contributed by atoms with E-state index in [0.29, 0.717) is 23.5 Å². The SMILES string of the molecule is O=C(Nc1ccc(S(=O)(=O)Nc2cccc(Cl)c2Cl)cc1)c1ccc(C2SCC(=O)N2Cc2ccccc2)cc1. The zero-order valence-corrected chi connectivity index (χ0v) is 24.0. The molecule has 0 bridgehead atoms. The summed E-state index contributed by atoms with van der Waals surface area (Å²) in [5, 5.41) is 2.98. The third-order valence-electron chi connectivity index (χ3n) is 6.24. The van der Waals surface area contributed by atoms with Crippen LogP contribution in [-0.2, 0) is 21.4 Å². The van der Waals surface area contributed by atoms with Crippen molar-refractivity contribution in [3.63, 3.8) is 0 Å². The van der Waals surface area contributed by atoms with Crippen molar-refractivity contribution in [2.24, 2.45) is 0 Å². The maximum absolute atomic E-state index is 12.9. The number of rotatable bonds is 8. The molecule has 1 saturated heterocycles. The zero-order valence-electron chi connectivity index (χ0n) is 20.9. The van der Waals surface area contributed by atoms with E-state index in [1.54, 1.807) is 36.0 Å². The van der Waals surface area contributed by atoms with Crippen molar-refractivity contribution in [3.05, 3.63) is 124 Å². The fraction of sp³-hybridized carbons (Fsp3) is 0.103. The molecule has 5 rings (SSSR count). The first-order valence-corrected chi connectivity index (χ1v) is 15.4. The molecule has 11 heteroatoms. The van der Waals surface area contributed by atoms with Crippen molar-refractivity contribution >= 4 is 68.2 Å². The fourth-order valence-electron chi connectivity index (χ4n) is 4.19. The lowest BCUT2D eigenvalue weighted by atomic mass is 10.1. The molecular weight excluding hydrogens is 589 g/mol. The molecule has 1 fully saturated rings. The van der Waals surface area contributed by atoms with Gasteiger partial charge in [0.1, 0.15) is 5.37 Å². The van der Waals surface area contributed by atoms with Crippen molar-refractivity contribution in [2.45, 2.75) is 16.8 Å². The first-order chi connectivity index (χ1) is 19.2. The number of thioether (sulfide) groups is 1. The largest absolute Gasteiger partial charge is 0.322 e. The van der Waals surface area contributed by atoms with Crippen LogP contribution in [0.5, 0.6) is 0 Å². The van der Waals surface area contributed by atoms with Crippen molar-refractivity contribution in [1.29, 1.82) is 0 Å². The number of benzene rings is 4. The Kier molecular flexibility index (Phi) is 8.37. The van der Waals surface area contributed by atoms with Crippen LogP contribution in [0.4, 0.5) is 11.4 Å². The Labute approximate surface area is 246 Å².